The fourth-order valence-corrected chi connectivity index (χ4v) is 1.14. The van der Waals surface area contributed by atoms with E-state index < -0.39 is 6.04 Å². The zero-order valence-electron chi connectivity index (χ0n) is 13.1. The third-order valence-corrected chi connectivity index (χ3v) is 1.85. The zero-order chi connectivity index (χ0) is 14.7. The number of rotatable bonds is 1. The number of hydrogen-bond donors (Lipinski definition) is 0. The molecule has 0 aromatic heterocycles. The van der Waals surface area contributed by atoms with Crippen LogP contribution in [0.3, 0.4) is 0 Å². The molecule has 0 radical (unpaired) electrons. The molecule has 0 spiro atoms. The summed E-state index contributed by atoms with van der Waals surface area (Å²) in [6.07, 6.45) is 0.475. The highest BCUT2D eigenvalue weighted by atomic mass is 13.9. The Labute approximate surface area is 97.6 Å². The van der Waals surface area contributed by atoms with Gasteiger partial charge < -0.3 is 0 Å². The lowest BCUT2D eigenvalue weighted by atomic mass is 10.1. The maximum absolute atomic E-state index is 7.74. The second kappa shape index (κ2) is 5.02. The van der Waals surface area contributed by atoms with Crippen LogP contribution in [0, 0.1) is 11.8 Å². The lowest BCUT2D eigenvalue weighted by Crippen LogP contribution is -1.79. The molecule has 0 bridgehead atoms. The Morgan fingerprint density at radius 3 is 2.47 bits per heavy atom. The summed E-state index contributed by atoms with van der Waals surface area (Å²) in [5.74, 6) is 5.55. The van der Waals surface area contributed by atoms with Crippen molar-refractivity contribution >= 4 is 0 Å². The second-order valence-corrected chi connectivity index (χ2v) is 2.96. The van der Waals surface area contributed by atoms with Crippen molar-refractivity contribution in [3.8, 4) is 11.8 Å². The van der Waals surface area contributed by atoms with Crippen LogP contribution < -0.4 is 0 Å². The van der Waals surface area contributed by atoms with Crippen molar-refractivity contribution < 1.29 is 6.85 Å². The molecule has 0 aliphatic heterocycles. The average Bonchev–Trinajstić information content (AvgIpc) is 2.48. The van der Waals surface area contributed by atoms with Crippen molar-refractivity contribution in [2.45, 2.75) is 6.42 Å². The van der Waals surface area contributed by atoms with E-state index in [4.69, 9.17) is 6.85 Å². The minimum Gasteiger partial charge on any atom is -0.0931 e. The zero-order valence-corrected chi connectivity index (χ0v) is 8.09. The molecule has 0 saturated heterocycles. The third-order valence-electron chi connectivity index (χ3n) is 1.85. The van der Waals surface area contributed by atoms with Gasteiger partial charge in [-0.05, 0) is 17.6 Å². The van der Waals surface area contributed by atoms with Crippen molar-refractivity contribution in [1.82, 2.24) is 0 Å². The van der Waals surface area contributed by atoms with Crippen molar-refractivity contribution in [3.63, 3.8) is 0 Å². The monoisotopic (exact) mass is 197 g/mol. The molecular weight excluding hydrogens is 180 g/mol. The highest BCUT2D eigenvalue weighted by Crippen LogP contribution is 1.99. The van der Waals surface area contributed by atoms with E-state index in [9.17, 15) is 0 Å². The van der Waals surface area contributed by atoms with Gasteiger partial charge in [-0.15, -0.1) is 0 Å². The molecule has 0 amide bonds. The maximum Gasteiger partial charge on any atom is 0.0636 e. The predicted molar refractivity (Wildman–Crippen MR) is 63.5 cm³/mol. The normalized spacial score (nSPS) is 13.7. The fraction of sp³-hybridized carbons (Fsp3) is 0.0667. The van der Waals surface area contributed by atoms with Crippen molar-refractivity contribution in [1.29, 1.82) is 0 Å². The standard InChI is InChI=1S/C15H12/c1-3-8-14(9-4-1)12-7-13-15-10-5-2-6-11-15/h1-6,8-11H,12H2/i2D,5D,6D,10D,11D. The molecule has 0 heteroatoms. The van der Waals surface area contributed by atoms with E-state index in [1.165, 1.54) is 0 Å². The van der Waals surface area contributed by atoms with E-state index in [1.807, 2.05) is 30.3 Å². The first-order valence-electron chi connectivity index (χ1n) is 7.12. The fourth-order valence-electron chi connectivity index (χ4n) is 1.14. The minimum atomic E-state index is -0.395. The van der Waals surface area contributed by atoms with Crippen LogP contribution in [0.15, 0.2) is 60.5 Å². The Kier molecular flexibility index (Phi) is 1.74. The summed E-state index contributed by atoms with van der Waals surface area (Å²) >= 11 is 0. The summed E-state index contributed by atoms with van der Waals surface area (Å²) in [6.45, 7) is 0. The summed E-state index contributed by atoms with van der Waals surface area (Å²) in [6, 6.07) is 7.97. The quantitative estimate of drug-likeness (QED) is 0.615. The SMILES string of the molecule is [2H]c1c([2H])c([2H])c(C#CCc2ccccc2)c([2H])c1[2H]. The van der Waals surface area contributed by atoms with Gasteiger partial charge >= 0.3 is 0 Å². The molecule has 0 aliphatic rings. The van der Waals surface area contributed by atoms with Gasteiger partial charge in [0.25, 0.3) is 0 Å². The van der Waals surface area contributed by atoms with Gasteiger partial charge in [0, 0.05) is 12.0 Å². The van der Waals surface area contributed by atoms with Crippen LogP contribution in [0.5, 0.6) is 0 Å². The topological polar surface area (TPSA) is 0 Å². The van der Waals surface area contributed by atoms with Gasteiger partial charge in [-0.1, -0.05) is 60.3 Å². The molecule has 72 valence electrons. The third kappa shape index (κ3) is 3.00. The first-order valence-corrected chi connectivity index (χ1v) is 4.62. The van der Waals surface area contributed by atoms with Crippen molar-refractivity contribution in [2.24, 2.45) is 0 Å². The Morgan fingerprint density at radius 1 is 1.00 bits per heavy atom. The van der Waals surface area contributed by atoms with Crippen molar-refractivity contribution in [3.05, 3.63) is 71.7 Å². The van der Waals surface area contributed by atoms with Crippen LogP contribution in [-0.4, -0.2) is 0 Å². The van der Waals surface area contributed by atoms with Crippen LogP contribution in [0.2, 0.25) is 0 Å². The lowest BCUT2D eigenvalue weighted by Gasteiger charge is -1.91. The molecule has 0 fully saturated rings. The molecule has 2 aromatic carbocycles. The molecule has 0 saturated carbocycles. The highest BCUT2D eigenvalue weighted by molar-refractivity contribution is 5.35. The van der Waals surface area contributed by atoms with E-state index >= 15 is 0 Å². The van der Waals surface area contributed by atoms with E-state index in [-0.39, 0.29) is 29.7 Å². The average molecular weight is 197 g/mol. The first kappa shape index (κ1) is 5.19. The Bertz CT molecular complexity index is 667. The summed E-state index contributed by atoms with van der Waals surface area (Å²) < 4.78 is 38.1. The molecule has 2 rings (SSSR count). The van der Waals surface area contributed by atoms with Gasteiger partial charge in [0.2, 0.25) is 0 Å². The van der Waals surface area contributed by atoms with Gasteiger partial charge in [0.15, 0.2) is 0 Å². The molecule has 0 heterocycles. The predicted octanol–water partition coefficient (Wildman–Crippen LogP) is 3.28. The van der Waals surface area contributed by atoms with Crippen LogP contribution in [0.1, 0.15) is 18.0 Å². The summed E-state index contributed by atoms with van der Waals surface area (Å²) in [7, 11) is 0. The van der Waals surface area contributed by atoms with Gasteiger partial charge in [-0.3, -0.25) is 0 Å². The Balaban J connectivity index is 2.36. The molecule has 0 aliphatic carbocycles. The molecule has 2 aromatic rings. The number of hydrogen-bond acceptors (Lipinski definition) is 0. The number of benzene rings is 2. The van der Waals surface area contributed by atoms with E-state index in [2.05, 4.69) is 11.8 Å². The van der Waals surface area contributed by atoms with Crippen LogP contribution in [-0.2, 0) is 6.42 Å². The van der Waals surface area contributed by atoms with E-state index in [1.54, 1.807) is 0 Å². The van der Waals surface area contributed by atoms with Crippen LogP contribution in [0.25, 0.3) is 0 Å². The van der Waals surface area contributed by atoms with Gasteiger partial charge in [0.1, 0.15) is 0 Å². The van der Waals surface area contributed by atoms with Gasteiger partial charge in [-0.25, -0.2) is 0 Å². The molecule has 0 N–H and O–H groups in total. The first-order chi connectivity index (χ1) is 9.52. The van der Waals surface area contributed by atoms with Crippen molar-refractivity contribution in [2.75, 3.05) is 0 Å². The minimum absolute atomic E-state index is 0.0481. The largest absolute Gasteiger partial charge is 0.0931 e. The molecule has 0 unspecified atom stereocenters. The Morgan fingerprint density at radius 2 is 1.73 bits per heavy atom. The molecule has 0 atom stereocenters. The summed E-state index contributed by atoms with van der Waals surface area (Å²) in [5.41, 5.74) is 1.07. The summed E-state index contributed by atoms with van der Waals surface area (Å²) in [5, 5.41) is 0. The molecule has 15 heavy (non-hydrogen) atoms. The molecular formula is C15H12. The lowest BCUT2D eigenvalue weighted by molar-refractivity contribution is 1.32. The second-order valence-electron chi connectivity index (χ2n) is 2.96. The maximum atomic E-state index is 7.74. The van der Waals surface area contributed by atoms with Gasteiger partial charge in [0.05, 0.1) is 6.85 Å². The highest BCUT2D eigenvalue weighted by Gasteiger charge is 1.85. The van der Waals surface area contributed by atoms with E-state index in [0.717, 1.165) is 5.56 Å². The van der Waals surface area contributed by atoms with Crippen LogP contribution >= 0.6 is 0 Å². The van der Waals surface area contributed by atoms with E-state index in [0.29, 0.717) is 6.42 Å². The molecule has 0 nitrogen and oxygen atoms in total. The Hall–Kier alpha value is -2.00. The summed E-state index contributed by atoms with van der Waals surface area (Å²) in [4.78, 5) is 0. The van der Waals surface area contributed by atoms with Gasteiger partial charge in [-0.2, -0.15) is 0 Å². The smallest absolute Gasteiger partial charge is 0.0636 e. The van der Waals surface area contributed by atoms with Crippen LogP contribution in [0.4, 0.5) is 0 Å².